The quantitative estimate of drug-likeness (QED) is 0.686. The highest BCUT2D eigenvalue weighted by molar-refractivity contribution is 6.07. The Morgan fingerprint density at radius 3 is 2.62 bits per heavy atom. The molecule has 1 aliphatic rings. The van der Waals surface area contributed by atoms with Crippen molar-refractivity contribution < 1.29 is 14.3 Å². The van der Waals surface area contributed by atoms with Crippen LogP contribution in [0.15, 0.2) is 48.5 Å². The molecular weight excluding hydrogens is 364 g/mol. The van der Waals surface area contributed by atoms with Crippen molar-refractivity contribution in [1.29, 1.82) is 0 Å². The minimum Gasteiger partial charge on any atom is -0.452 e. The smallest absolute Gasteiger partial charge is 0.339 e. The van der Waals surface area contributed by atoms with Gasteiger partial charge >= 0.3 is 5.97 Å². The number of allylic oxidation sites excluding steroid dienone is 1. The van der Waals surface area contributed by atoms with Crippen LogP contribution in [0.3, 0.4) is 0 Å². The maximum atomic E-state index is 12.9. The number of hydrogen-bond acceptors (Lipinski definition) is 4. The fraction of sp³-hybridized carbons (Fsp3) is 0.208. The monoisotopic (exact) mass is 386 g/mol. The Hall–Kier alpha value is -3.47. The van der Waals surface area contributed by atoms with Gasteiger partial charge in [0.25, 0.3) is 5.91 Å². The van der Waals surface area contributed by atoms with Crippen molar-refractivity contribution in [2.45, 2.75) is 26.2 Å². The molecule has 2 N–H and O–H groups in total. The predicted molar refractivity (Wildman–Crippen MR) is 113 cm³/mol. The maximum Gasteiger partial charge on any atom is 0.339 e. The zero-order valence-electron chi connectivity index (χ0n) is 16.3. The molecule has 5 nitrogen and oxygen atoms in total. The van der Waals surface area contributed by atoms with Crippen LogP contribution in [0.25, 0.3) is 22.6 Å². The van der Waals surface area contributed by atoms with Crippen molar-refractivity contribution in [2.24, 2.45) is 5.73 Å². The zero-order valence-corrected chi connectivity index (χ0v) is 16.3. The summed E-state index contributed by atoms with van der Waals surface area (Å²) in [5, 5.41) is 0.734. The van der Waals surface area contributed by atoms with Gasteiger partial charge in [0.15, 0.2) is 6.61 Å². The fourth-order valence-electron chi connectivity index (χ4n) is 3.78. The summed E-state index contributed by atoms with van der Waals surface area (Å²) in [6.07, 6.45) is 4.68. The van der Waals surface area contributed by atoms with Gasteiger partial charge in [0.05, 0.1) is 16.8 Å². The van der Waals surface area contributed by atoms with E-state index in [0.29, 0.717) is 5.56 Å². The number of fused-ring (bicyclic) bond motifs is 2. The summed E-state index contributed by atoms with van der Waals surface area (Å²) < 4.78 is 5.17. The molecule has 0 bridgehead atoms. The van der Waals surface area contributed by atoms with Crippen LogP contribution in [-0.2, 0) is 16.0 Å². The van der Waals surface area contributed by atoms with Crippen molar-refractivity contribution in [1.82, 2.24) is 4.98 Å². The molecule has 0 saturated heterocycles. The first-order valence-electron chi connectivity index (χ1n) is 9.67. The van der Waals surface area contributed by atoms with Crippen LogP contribution in [0.2, 0.25) is 0 Å². The second-order valence-electron chi connectivity index (χ2n) is 7.31. The molecule has 4 rings (SSSR count). The van der Waals surface area contributed by atoms with E-state index in [1.54, 1.807) is 0 Å². The standard InChI is InChI=1S/C24H22N2O3/c1-15-9-11-16(12-10-15)13-17-5-4-7-19-22(24(28)29-14-21(25)27)18-6-2-3-8-20(18)26-23(17)19/h2-3,6,8-13H,4-5,7,14H2,1H3,(H2,25,27)/b17-13-. The largest absolute Gasteiger partial charge is 0.452 e. The Morgan fingerprint density at radius 2 is 1.86 bits per heavy atom. The minimum absolute atomic E-state index is 0.434. The van der Waals surface area contributed by atoms with Crippen molar-refractivity contribution in [2.75, 3.05) is 6.61 Å². The van der Waals surface area contributed by atoms with Crippen molar-refractivity contribution in [3.8, 4) is 0 Å². The first-order chi connectivity index (χ1) is 14.0. The third kappa shape index (κ3) is 3.90. The molecule has 3 aromatic rings. The Balaban J connectivity index is 1.87. The molecule has 29 heavy (non-hydrogen) atoms. The summed E-state index contributed by atoms with van der Waals surface area (Å²) in [7, 11) is 0. The van der Waals surface area contributed by atoms with E-state index in [0.717, 1.165) is 52.6 Å². The van der Waals surface area contributed by atoms with Crippen LogP contribution in [0, 0.1) is 6.92 Å². The molecule has 1 aliphatic carbocycles. The molecule has 2 aromatic carbocycles. The summed E-state index contributed by atoms with van der Waals surface area (Å²) in [6, 6.07) is 15.8. The van der Waals surface area contributed by atoms with E-state index in [4.69, 9.17) is 15.5 Å². The number of para-hydroxylation sites is 1. The van der Waals surface area contributed by atoms with E-state index in [1.807, 2.05) is 24.3 Å². The van der Waals surface area contributed by atoms with Gasteiger partial charge in [-0.05, 0) is 55.0 Å². The topological polar surface area (TPSA) is 82.3 Å². The second kappa shape index (κ2) is 7.87. The molecule has 1 aromatic heterocycles. The number of aryl methyl sites for hydroxylation is 1. The highest BCUT2D eigenvalue weighted by Crippen LogP contribution is 2.36. The van der Waals surface area contributed by atoms with E-state index in [-0.39, 0.29) is 0 Å². The highest BCUT2D eigenvalue weighted by atomic mass is 16.5. The number of benzene rings is 2. The SMILES string of the molecule is Cc1ccc(/C=C2/CCCc3c2nc2ccccc2c3C(=O)OCC(N)=O)cc1. The molecule has 1 amide bonds. The van der Waals surface area contributed by atoms with Crippen LogP contribution in [0.5, 0.6) is 0 Å². The summed E-state index contributed by atoms with van der Waals surface area (Å²) in [5.74, 6) is -1.21. The number of hydrogen-bond donors (Lipinski definition) is 1. The van der Waals surface area contributed by atoms with Crippen molar-refractivity contribution in [3.63, 3.8) is 0 Å². The molecule has 0 aliphatic heterocycles. The van der Waals surface area contributed by atoms with Crippen molar-refractivity contribution >= 4 is 34.4 Å². The number of aromatic nitrogens is 1. The van der Waals surface area contributed by atoms with E-state index in [9.17, 15) is 9.59 Å². The molecule has 0 atom stereocenters. The summed E-state index contributed by atoms with van der Waals surface area (Å²) in [4.78, 5) is 28.8. The molecule has 5 heteroatoms. The van der Waals surface area contributed by atoms with Gasteiger partial charge in [-0.3, -0.25) is 4.79 Å². The van der Waals surface area contributed by atoms with Gasteiger partial charge in [-0.2, -0.15) is 0 Å². The number of rotatable bonds is 4. The lowest BCUT2D eigenvalue weighted by molar-refractivity contribution is -0.121. The third-order valence-corrected chi connectivity index (χ3v) is 5.14. The molecule has 0 fully saturated rings. The lowest BCUT2D eigenvalue weighted by Gasteiger charge is -2.22. The maximum absolute atomic E-state index is 12.9. The molecular formula is C24H22N2O3. The average molecular weight is 386 g/mol. The molecule has 1 heterocycles. The van der Waals surface area contributed by atoms with E-state index in [2.05, 4.69) is 37.3 Å². The van der Waals surface area contributed by atoms with Crippen LogP contribution in [0.1, 0.15) is 45.6 Å². The van der Waals surface area contributed by atoms with E-state index >= 15 is 0 Å². The van der Waals surface area contributed by atoms with Gasteiger partial charge in [-0.15, -0.1) is 0 Å². The van der Waals surface area contributed by atoms with E-state index < -0.39 is 18.5 Å². The summed E-state index contributed by atoms with van der Waals surface area (Å²) in [6.45, 7) is 1.63. The number of ether oxygens (including phenoxy) is 1. The van der Waals surface area contributed by atoms with Gasteiger partial charge < -0.3 is 10.5 Å². The van der Waals surface area contributed by atoms with Gasteiger partial charge in [-0.1, -0.05) is 48.0 Å². The Bertz CT molecular complexity index is 1130. The second-order valence-corrected chi connectivity index (χ2v) is 7.31. The Morgan fingerprint density at radius 1 is 1.10 bits per heavy atom. The van der Waals surface area contributed by atoms with Gasteiger partial charge in [0.2, 0.25) is 0 Å². The number of pyridine rings is 1. The van der Waals surface area contributed by atoms with Crippen LogP contribution >= 0.6 is 0 Å². The average Bonchev–Trinajstić information content (AvgIpc) is 2.72. The van der Waals surface area contributed by atoms with Gasteiger partial charge in [-0.25, -0.2) is 9.78 Å². The molecule has 0 unspecified atom stereocenters. The molecule has 0 radical (unpaired) electrons. The number of nitrogens with zero attached hydrogens (tertiary/aromatic N) is 1. The fourth-order valence-corrected chi connectivity index (χ4v) is 3.78. The molecule has 146 valence electrons. The summed E-state index contributed by atoms with van der Waals surface area (Å²) in [5.41, 5.74) is 11.5. The third-order valence-electron chi connectivity index (χ3n) is 5.14. The lowest BCUT2D eigenvalue weighted by Crippen LogP contribution is -2.22. The zero-order chi connectivity index (χ0) is 20.4. The minimum atomic E-state index is -0.675. The van der Waals surface area contributed by atoms with Gasteiger partial charge in [0, 0.05) is 5.39 Å². The predicted octanol–water partition coefficient (Wildman–Crippen LogP) is 4.06. The number of primary amides is 1. The van der Waals surface area contributed by atoms with Gasteiger partial charge in [0.1, 0.15) is 0 Å². The van der Waals surface area contributed by atoms with E-state index in [1.165, 1.54) is 5.56 Å². The van der Waals surface area contributed by atoms with Crippen LogP contribution in [0.4, 0.5) is 0 Å². The van der Waals surface area contributed by atoms with Crippen LogP contribution in [-0.4, -0.2) is 23.5 Å². The first kappa shape index (κ1) is 18.9. The lowest BCUT2D eigenvalue weighted by atomic mass is 9.86. The van der Waals surface area contributed by atoms with Crippen LogP contribution < -0.4 is 5.73 Å². The number of carbonyl (C=O) groups excluding carboxylic acids is 2. The molecule has 0 saturated carbocycles. The van der Waals surface area contributed by atoms with Crippen molar-refractivity contribution in [3.05, 3.63) is 76.5 Å². The number of carbonyl (C=O) groups is 2. The number of amides is 1. The summed E-state index contributed by atoms with van der Waals surface area (Å²) >= 11 is 0. The number of nitrogens with two attached hydrogens (primary N) is 1. The normalized spacial score (nSPS) is 14.6. The number of esters is 1. The Kier molecular flexibility index (Phi) is 5.12. The Labute approximate surface area is 169 Å². The highest BCUT2D eigenvalue weighted by Gasteiger charge is 2.26. The first-order valence-corrected chi connectivity index (χ1v) is 9.67. The molecule has 0 spiro atoms.